The Balaban J connectivity index is 1.34. The maximum atomic E-state index is 6.18. The minimum absolute atomic E-state index is 0.883. The predicted molar refractivity (Wildman–Crippen MR) is 147 cm³/mol. The fourth-order valence-electron chi connectivity index (χ4n) is 5.00. The number of rotatable bonds is 6. The highest BCUT2D eigenvalue weighted by Crippen LogP contribution is 2.35. The second-order valence-corrected chi connectivity index (χ2v) is 9.24. The second kappa shape index (κ2) is 8.83. The second-order valence-electron chi connectivity index (χ2n) is 9.24. The third-order valence-corrected chi connectivity index (χ3v) is 6.89. The van der Waals surface area contributed by atoms with Crippen molar-refractivity contribution in [3.63, 3.8) is 0 Å². The number of unbranched alkanes of at least 4 members (excludes halogenated alkanes) is 2. The third-order valence-electron chi connectivity index (χ3n) is 6.89. The summed E-state index contributed by atoms with van der Waals surface area (Å²) in [6.07, 6.45) is 9.21. The molecule has 1 nitrogen and oxygen atoms in total. The summed E-state index contributed by atoms with van der Waals surface area (Å²) in [6, 6.07) is 33.0. The van der Waals surface area contributed by atoms with Crippen molar-refractivity contribution in [1.82, 2.24) is 0 Å². The number of furan rings is 1. The summed E-state index contributed by atoms with van der Waals surface area (Å²) < 4.78 is 6.18. The van der Waals surface area contributed by atoms with Gasteiger partial charge in [0, 0.05) is 5.39 Å². The minimum atomic E-state index is 0.883. The highest BCUT2D eigenvalue weighted by atomic mass is 16.3. The van der Waals surface area contributed by atoms with Crippen LogP contribution in [0.1, 0.15) is 43.1 Å². The fraction of sp³-hybridized carbons (Fsp3) is 0.152. The standard InChI is InChI=1S/C33H28O/c1-2-3-4-7-23-10-12-24(13-11-23)14-16-28-22-32-30-17-15-27-20-25-8-5-6-9-26(25)21-31(27)29(30)18-19-33(32)34-28/h5-6,8-22H,2-4,7H2,1H3/b16-14+. The van der Waals surface area contributed by atoms with Crippen molar-refractivity contribution >= 4 is 55.4 Å². The van der Waals surface area contributed by atoms with Gasteiger partial charge < -0.3 is 4.42 Å². The summed E-state index contributed by atoms with van der Waals surface area (Å²) in [6.45, 7) is 2.25. The van der Waals surface area contributed by atoms with E-state index in [-0.39, 0.29) is 0 Å². The largest absolute Gasteiger partial charge is 0.457 e. The van der Waals surface area contributed by atoms with Gasteiger partial charge in [0.15, 0.2) is 0 Å². The Kier molecular flexibility index (Phi) is 5.39. The molecule has 0 fully saturated rings. The Morgan fingerprint density at radius 1 is 0.618 bits per heavy atom. The van der Waals surface area contributed by atoms with Crippen LogP contribution in [0, 0.1) is 0 Å². The molecule has 6 rings (SSSR count). The maximum Gasteiger partial charge on any atom is 0.135 e. The zero-order valence-electron chi connectivity index (χ0n) is 19.6. The van der Waals surface area contributed by atoms with Crippen LogP contribution in [0.25, 0.3) is 55.4 Å². The van der Waals surface area contributed by atoms with E-state index in [0.717, 1.165) is 11.3 Å². The zero-order valence-corrected chi connectivity index (χ0v) is 19.6. The van der Waals surface area contributed by atoms with Gasteiger partial charge >= 0.3 is 0 Å². The molecule has 6 aromatic rings. The highest BCUT2D eigenvalue weighted by Gasteiger charge is 2.09. The number of aryl methyl sites for hydroxylation is 1. The summed E-state index contributed by atoms with van der Waals surface area (Å²) in [5.74, 6) is 0.883. The Labute approximate surface area is 200 Å². The van der Waals surface area contributed by atoms with Crippen molar-refractivity contribution in [3.8, 4) is 0 Å². The molecule has 0 spiro atoms. The predicted octanol–water partition coefficient (Wildman–Crippen LogP) is 9.80. The van der Waals surface area contributed by atoms with Crippen LogP contribution in [0.5, 0.6) is 0 Å². The van der Waals surface area contributed by atoms with Gasteiger partial charge in [-0.2, -0.15) is 0 Å². The van der Waals surface area contributed by atoms with E-state index in [1.54, 1.807) is 0 Å². The minimum Gasteiger partial charge on any atom is -0.457 e. The maximum absolute atomic E-state index is 6.18. The number of hydrogen-bond acceptors (Lipinski definition) is 1. The molecule has 0 saturated heterocycles. The SMILES string of the molecule is CCCCCc1ccc(/C=C/c2cc3c(ccc4c5cc6ccccc6cc5ccc34)o2)cc1. The van der Waals surface area contributed by atoms with Gasteiger partial charge in [-0.25, -0.2) is 0 Å². The van der Waals surface area contributed by atoms with Crippen molar-refractivity contribution < 1.29 is 4.42 Å². The number of fused-ring (bicyclic) bond motifs is 6. The van der Waals surface area contributed by atoms with E-state index >= 15 is 0 Å². The lowest BCUT2D eigenvalue weighted by atomic mass is 9.97. The quantitative estimate of drug-likeness (QED) is 0.143. The smallest absolute Gasteiger partial charge is 0.135 e. The van der Waals surface area contributed by atoms with Crippen LogP contribution in [0.15, 0.2) is 95.4 Å². The normalized spacial score (nSPS) is 12.0. The molecule has 34 heavy (non-hydrogen) atoms. The van der Waals surface area contributed by atoms with Crippen LogP contribution < -0.4 is 0 Å². The molecule has 166 valence electrons. The molecule has 1 heteroatoms. The first-order chi connectivity index (χ1) is 16.8. The average Bonchev–Trinajstić information content (AvgIpc) is 3.30. The summed E-state index contributed by atoms with van der Waals surface area (Å²) >= 11 is 0. The monoisotopic (exact) mass is 440 g/mol. The summed E-state index contributed by atoms with van der Waals surface area (Å²) in [7, 11) is 0. The van der Waals surface area contributed by atoms with Gasteiger partial charge in [-0.1, -0.05) is 92.6 Å². The van der Waals surface area contributed by atoms with Crippen LogP contribution >= 0.6 is 0 Å². The molecule has 0 saturated carbocycles. The topological polar surface area (TPSA) is 13.1 Å². The molecule has 0 atom stereocenters. The Morgan fingerprint density at radius 3 is 2.21 bits per heavy atom. The van der Waals surface area contributed by atoms with Crippen molar-refractivity contribution in [1.29, 1.82) is 0 Å². The van der Waals surface area contributed by atoms with E-state index in [0.29, 0.717) is 0 Å². The van der Waals surface area contributed by atoms with Crippen LogP contribution in [0.2, 0.25) is 0 Å². The lowest BCUT2D eigenvalue weighted by Gasteiger charge is -2.07. The molecular formula is C33H28O. The molecule has 0 unspecified atom stereocenters. The fourth-order valence-corrected chi connectivity index (χ4v) is 5.00. The zero-order chi connectivity index (χ0) is 22.9. The van der Waals surface area contributed by atoms with Crippen LogP contribution in [-0.2, 0) is 6.42 Å². The highest BCUT2D eigenvalue weighted by molar-refractivity contribution is 6.18. The summed E-state index contributed by atoms with van der Waals surface area (Å²) in [5, 5.41) is 8.78. The van der Waals surface area contributed by atoms with Crippen molar-refractivity contribution in [2.45, 2.75) is 32.6 Å². The molecule has 0 radical (unpaired) electrons. The molecule has 0 aliphatic rings. The molecular weight excluding hydrogens is 412 g/mol. The van der Waals surface area contributed by atoms with Gasteiger partial charge in [0.2, 0.25) is 0 Å². The lowest BCUT2D eigenvalue weighted by Crippen LogP contribution is -1.85. The Morgan fingerprint density at radius 2 is 1.38 bits per heavy atom. The van der Waals surface area contributed by atoms with E-state index in [1.165, 1.54) is 74.5 Å². The average molecular weight is 441 g/mol. The van der Waals surface area contributed by atoms with Gasteiger partial charge in [0.1, 0.15) is 11.3 Å². The van der Waals surface area contributed by atoms with E-state index in [9.17, 15) is 0 Å². The first-order valence-electron chi connectivity index (χ1n) is 12.3. The van der Waals surface area contributed by atoms with Gasteiger partial charge in [-0.05, 0) is 86.6 Å². The molecule has 0 bridgehead atoms. The molecule has 1 aromatic heterocycles. The molecule has 0 aliphatic heterocycles. The van der Waals surface area contributed by atoms with Crippen molar-refractivity contribution in [2.24, 2.45) is 0 Å². The molecule has 1 heterocycles. The number of benzene rings is 5. The Hall–Kier alpha value is -3.84. The van der Waals surface area contributed by atoms with E-state index in [1.807, 2.05) is 0 Å². The third kappa shape index (κ3) is 3.88. The van der Waals surface area contributed by atoms with E-state index < -0.39 is 0 Å². The van der Waals surface area contributed by atoms with Crippen molar-refractivity contribution in [2.75, 3.05) is 0 Å². The first kappa shape index (κ1) is 20.7. The van der Waals surface area contributed by atoms with Gasteiger partial charge in [-0.15, -0.1) is 0 Å². The van der Waals surface area contributed by atoms with Gasteiger partial charge in [-0.3, -0.25) is 0 Å². The summed E-state index contributed by atoms with van der Waals surface area (Å²) in [4.78, 5) is 0. The molecule has 0 N–H and O–H groups in total. The number of hydrogen-bond donors (Lipinski definition) is 0. The Bertz CT molecular complexity index is 1650. The van der Waals surface area contributed by atoms with E-state index in [4.69, 9.17) is 4.42 Å². The van der Waals surface area contributed by atoms with Crippen LogP contribution in [0.3, 0.4) is 0 Å². The molecule has 0 aliphatic carbocycles. The van der Waals surface area contributed by atoms with E-state index in [2.05, 4.69) is 110 Å². The summed E-state index contributed by atoms with van der Waals surface area (Å²) in [5.41, 5.74) is 3.54. The lowest BCUT2D eigenvalue weighted by molar-refractivity contribution is 0.605. The van der Waals surface area contributed by atoms with Crippen molar-refractivity contribution in [3.05, 3.63) is 108 Å². The first-order valence-corrected chi connectivity index (χ1v) is 12.3. The van der Waals surface area contributed by atoms with Crippen LogP contribution in [0.4, 0.5) is 0 Å². The molecule has 5 aromatic carbocycles. The van der Waals surface area contributed by atoms with Gasteiger partial charge in [0.05, 0.1) is 0 Å². The van der Waals surface area contributed by atoms with Gasteiger partial charge in [0.25, 0.3) is 0 Å². The van der Waals surface area contributed by atoms with Crippen LogP contribution in [-0.4, -0.2) is 0 Å². The molecule has 0 amide bonds.